The second-order valence-corrected chi connectivity index (χ2v) is 8.39. The molecule has 1 fully saturated rings. The standard InChI is InChI=1S/C24H32FN3O2/c1-6-30-24(29)12-18-9-10-28(15-17(18)3)23-13-21(22(14-26-23)27(4)5)20-8-7-19(25)11-16(20)2/h7-8,11,13-14,17-18H,6,9-10,12,15H2,1-5H3. The number of carbonyl (C=O) groups is 1. The number of aryl methyl sites for hydroxylation is 1. The van der Waals surface area contributed by atoms with Gasteiger partial charge in [0.25, 0.3) is 0 Å². The van der Waals surface area contributed by atoms with Crippen molar-refractivity contribution in [2.24, 2.45) is 11.8 Å². The molecule has 0 bridgehead atoms. The van der Waals surface area contributed by atoms with E-state index >= 15 is 0 Å². The number of aromatic nitrogens is 1. The molecule has 2 aromatic rings. The zero-order chi connectivity index (χ0) is 21.8. The van der Waals surface area contributed by atoms with Crippen molar-refractivity contribution in [3.63, 3.8) is 0 Å². The van der Waals surface area contributed by atoms with Gasteiger partial charge in [-0.1, -0.05) is 13.0 Å². The number of carbonyl (C=O) groups excluding carboxylic acids is 1. The van der Waals surface area contributed by atoms with Crippen LogP contribution in [0, 0.1) is 24.6 Å². The van der Waals surface area contributed by atoms with E-state index in [9.17, 15) is 9.18 Å². The first-order valence-corrected chi connectivity index (χ1v) is 10.6. The second-order valence-electron chi connectivity index (χ2n) is 8.39. The molecule has 2 heterocycles. The van der Waals surface area contributed by atoms with Crippen LogP contribution < -0.4 is 9.80 Å². The number of hydrogen-bond donors (Lipinski definition) is 0. The van der Waals surface area contributed by atoms with Gasteiger partial charge in [-0.15, -0.1) is 0 Å². The molecule has 1 aromatic heterocycles. The van der Waals surface area contributed by atoms with Crippen LogP contribution in [0.25, 0.3) is 11.1 Å². The molecule has 1 aromatic carbocycles. The molecule has 3 rings (SSSR count). The van der Waals surface area contributed by atoms with Crippen molar-refractivity contribution in [3.8, 4) is 11.1 Å². The van der Waals surface area contributed by atoms with Gasteiger partial charge in [0.2, 0.25) is 0 Å². The first kappa shape index (κ1) is 22.1. The van der Waals surface area contributed by atoms with E-state index in [2.05, 4.69) is 17.9 Å². The molecule has 0 amide bonds. The molecule has 1 aliphatic rings. The molecule has 1 saturated heterocycles. The third-order valence-corrected chi connectivity index (χ3v) is 5.97. The minimum Gasteiger partial charge on any atom is -0.466 e. The predicted octanol–water partition coefficient (Wildman–Crippen LogP) is 4.68. The summed E-state index contributed by atoms with van der Waals surface area (Å²) in [6, 6.07) is 7.02. The van der Waals surface area contributed by atoms with Crippen molar-refractivity contribution >= 4 is 17.5 Å². The largest absolute Gasteiger partial charge is 0.466 e. The quantitative estimate of drug-likeness (QED) is 0.644. The van der Waals surface area contributed by atoms with E-state index in [0.717, 1.165) is 47.7 Å². The van der Waals surface area contributed by atoms with Gasteiger partial charge in [-0.05, 0) is 61.4 Å². The molecule has 2 atom stereocenters. The molecule has 30 heavy (non-hydrogen) atoms. The summed E-state index contributed by atoms with van der Waals surface area (Å²) in [5, 5.41) is 0. The minimum absolute atomic E-state index is 0.106. The van der Waals surface area contributed by atoms with Crippen molar-refractivity contribution in [1.29, 1.82) is 0 Å². The van der Waals surface area contributed by atoms with Crippen molar-refractivity contribution in [2.75, 3.05) is 43.6 Å². The highest BCUT2D eigenvalue weighted by Gasteiger charge is 2.29. The van der Waals surface area contributed by atoms with Crippen LogP contribution in [0.3, 0.4) is 0 Å². The van der Waals surface area contributed by atoms with Crippen LogP contribution in [-0.4, -0.2) is 44.7 Å². The molecule has 5 nitrogen and oxygen atoms in total. The summed E-state index contributed by atoms with van der Waals surface area (Å²) in [5.74, 6) is 1.29. The zero-order valence-electron chi connectivity index (χ0n) is 18.6. The predicted molar refractivity (Wildman–Crippen MR) is 119 cm³/mol. The molecular formula is C24H32FN3O2. The van der Waals surface area contributed by atoms with E-state index in [1.807, 2.05) is 45.1 Å². The van der Waals surface area contributed by atoms with Crippen molar-refractivity contribution in [2.45, 2.75) is 33.6 Å². The lowest BCUT2D eigenvalue weighted by Gasteiger charge is -2.37. The molecule has 162 valence electrons. The van der Waals surface area contributed by atoms with Crippen LogP contribution in [0.5, 0.6) is 0 Å². The molecule has 1 aliphatic heterocycles. The van der Waals surface area contributed by atoms with Crippen LogP contribution in [0.15, 0.2) is 30.5 Å². The summed E-state index contributed by atoms with van der Waals surface area (Å²) in [6.45, 7) is 8.09. The third kappa shape index (κ3) is 4.91. The molecule has 0 spiro atoms. The summed E-state index contributed by atoms with van der Waals surface area (Å²) in [4.78, 5) is 20.9. The van der Waals surface area contributed by atoms with Gasteiger partial charge >= 0.3 is 5.97 Å². The van der Waals surface area contributed by atoms with Gasteiger partial charge < -0.3 is 14.5 Å². The summed E-state index contributed by atoms with van der Waals surface area (Å²) in [7, 11) is 3.98. The van der Waals surface area contributed by atoms with E-state index in [-0.39, 0.29) is 11.8 Å². The summed E-state index contributed by atoms with van der Waals surface area (Å²) in [6.07, 6.45) is 3.31. The van der Waals surface area contributed by atoms with E-state index in [1.165, 1.54) is 6.07 Å². The van der Waals surface area contributed by atoms with Gasteiger partial charge in [0.1, 0.15) is 11.6 Å². The van der Waals surface area contributed by atoms with Crippen molar-refractivity contribution in [3.05, 3.63) is 41.8 Å². The van der Waals surface area contributed by atoms with Crippen LogP contribution >= 0.6 is 0 Å². The fraction of sp³-hybridized carbons (Fsp3) is 0.500. The zero-order valence-corrected chi connectivity index (χ0v) is 18.6. The number of benzene rings is 1. The Morgan fingerprint density at radius 1 is 1.30 bits per heavy atom. The number of pyridine rings is 1. The highest BCUT2D eigenvalue weighted by Crippen LogP contribution is 2.36. The molecule has 2 unspecified atom stereocenters. The number of anilines is 2. The fourth-order valence-corrected chi connectivity index (χ4v) is 4.25. The van der Waals surface area contributed by atoms with Gasteiger partial charge in [-0.3, -0.25) is 4.79 Å². The molecule has 6 heteroatoms. The monoisotopic (exact) mass is 413 g/mol. The Kier molecular flexibility index (Phi) is 6.95. The smallest absolute Gasteiger partial charge is 0.306 e. The van der Waals surface area contributed by atoms with Gasteiger partial charge in [0, 0.05) is 39.2 Å². The maximum atomic E-state index is 13.6. The van der Waals surface area contributed by atoms with Gasteiger partial charge in [0.05, 0.1) is 18.5 Å². The summed E-state index contributed by atoms with van der Waals surface area (Å²) < 4.78 is 18.8. The SMILES string of the molecule is CCOC(=O)CC1CCN(c2cc(-c3ccc(F)cc3C)c(N(C)C)cn2)CC1C. The normalized spacial score (nSPS) is 18.9. The number of nitrogens with zero attached hydrogens (tertiary/aromatic N) is 3. The van der Waals surface area contributed by atoms with E-state index in [0.29, 0.717) is 24.9 Å². The molecule has 0 N–H and O–H groups in total. The van der Waals surface area contributed by atoms with Crippen molar-refractivity contribution in [1.82, 2.24) is 4.98 Å². The fourth-order valence-electron chi connectivity index (χ4n) is 4.25. The van der Waals surface area contributed by atoms with Crippen LogP contribution in [0.2, 0.25) is 0 Å². The van der Waals surface area contributed by atoms with Crippen molar-refractivity contribution < 1.29 is 13.9 Å². The Morgan fingerprint density at radius 2 is 2.07 bits per heavy atom. The highest BCUT2D eigenvalue weighted by atomic mass is 19.1. The molecule has 0 radical (unpaired) electrons. The topological polar surface area (TPSA) is 45.7 Å². The van der Waals surface area contributed by atoms with Crippen LogP contribution in [0.4, 0.5) is 15.9 Å². The van der Waals surface area contributed by atoms with Crippen LogP contribution in [0.1, 0.15) is 32.3 Å². The first-order chi connectivity index (χ1) is 14.3. The summed E-state index contributed by atoms with van der Waals surface area (Å²) in [5.41, 5.74) is 3.95. The summed E-state index contributed by atoms with van der Waals surface area (Å²) >= 11 is 0. The van der Waals surface area contributed by atoms with E-state index < -0.39 is 0 Å². The maximum Gasteiger partial charge on any atom is 0.306 e. The Bertz CT molecular complexity index is 900. The molecule has 0 saturated carbocycles. The lowest BCUT2D eigenvalue weighted by atomic mass is 9.84. The average Bonchev–Trinajstić information content (AvgIpc) is 2.69. The lowest BCUT2D eigenvalue weighted by molar-refractivity contribution is -0.144. The number of piperidine rings is 1. The highest BCUT2D eigenvalue weighted by molar-refractivity contribution is 5.82. The first-order valence-electron chi connectivity index (χ1n) is 10.6. The number of halogens is 1. The number of hydrogen-bond acceptors (Lipinski definition) is 5. The number of rotatable bonds is 6. The lowest BCUT2D eigenvalue weighted by Crippen LogP contribution is -2.40. The molecular weight excluding hydrogens is 381 g/mol. The second kappa shape index (κ2) is 9.45. The molecule has 0 aliphatic carbocycles. The van der Waals surface area contributed by atoms with Crippen LogP contribution in [-0.2, 0) is 9.53 Å². The number of esters is 1. The van der Waals surface area contributed by atoms with E-state index in [4.69, 9.17) is 9.72 Å². The Hall–Kier alpha value is -2.63. The average molecular weight is 414 g/mol. The number of ether oxygens (including phenoxy) is 1. The Balaban J connectivity index is 1.85. The van der Waals surface area contributed by atoms with E-state index in [1.54, 1.807) is 6.07 Å². The minimum atomic E-state index is -0.227. The maximum absolute atomic E-state index is 13.6. The van der Waals surface area contributed by atoms with Gasteiger partial charge in [-0.2, -0.15) is 0 Å². The Labute approximate surface area is 178 Å². The third-order valence-electron chi connectivity index (χ3n) is 5.97. The Morgan fingerprint density at radius 3 is 2.70 bits per heavy atom. The van der Waals surface area contributed by atoms with Gasteiger partial charge in [-0.25, -0.2) is 9.37 Å². The van der Waals surface area contributed by atoms with Gasteiger partial charge in [0.15, 0.2) is 0 Å².